The Bertz CT molecular complexity index is 141. The molecule has 0 unspecified atom stereocenters. The van der Waals surface area contributed by atoms with Gasteiger partial charge in [0.1, 0.15) is 0 Å². The van der Waals surface area contributed by atoms with Crippen molar-refractivity contribution >= 4 is 5.91 Å². The molecular formula is C6H11F2NO2. The van der Waals surface area contributed by atoms with Gasteiger partial charge in [0.2, 0.25) is 0 Å². The molecule has 3 nitrogen and oxygen atoms in total. The van der Waals surface area contributed by atoms with Gasteiger partial charge >= 0.3 is 6.43 Å². The second-order valence-electron chi connectivity index (χ2n) is 2.28. The van der Waals surface area contributed by atoms with Gasteiger partial charge in [-0.3, -0.25) is 4.79 Å². The Hall–Kier alpha value is -0.710. The normalized spacial score (nSPS) is 13.3. The van der Waals surface area contributed by atoms with Crippen LogP contribution >= 0.6 is 0 Å². The van der Waals surface area contributed by atoms with E-state index in [1.54, 1.807) is 0 Å². The summed E-state index contributed by atoms with van der Waals surface area (Å²) >= 11 is 0. The highest BCUT2D eigenvalue weighted by Gasteiger charge is 2.23. The molecule has 0 aliphatic carbocycles. The molecule has 0 aliphatic heterocycles. The van der Waals surface area contributed by atoms with Gasteiger partial charge in [-0.1, -0.05) is 0 Å². The molecule has 0 aromatic heterocycles. The van der Waals surface area contributed by atoms with Crippen molar-refractivity contribution in [3.63, 3.8) is 0 Å². The van der Waals surface area contributed by atoms with Crippen LogP contribution in [0.15, 0.2) is 0 Å². The fourth-order valence-electron chi connectivity index (χ4n) is 0.494. The summed E-state index contributed by atoms with van der Waals surface area (Å²) in [4.78, 5) is 11.3. The van der Waals surface area contributed by atoms with Gasteiger partial charge in [0.05, 0.1) is 12.6 Å². The summed E-state index contributed by atoms with van der Waals surface area (Å²) in [5.41, 5.74) is 0. The minimum atomic E-state index is -2.99. The first-order valence-corrected chi connectivity index (χ1v) is 3.16. The first kappa shape index (κ1) is 10.3. The molecule has 5 heteroatoms. The van der Waals surface area contributed by atoms with Crippen LogP contribution in [0.1, 0.15) is 6.92 Å². The number of carbonyl (C=O) groups excluding carboxylic acids is 1. The molecule has 11 heavy (non-hydrogen) atoms. The molecule has 0 saturated heterocycles. The van der Waals surface area contributed by atoms with E-state index in [4.69, 9.17) is 5.11 Å². The molecule has 66 valence electrons. The second kappa shape index (κ2) is 4.23. The third-order valence-corrected chi connectivity index (χ3v) is 1.46. The Kier molecular flexibility index (Phi) is 3.95. The van der Waals surface area contributed by atoms with E-state index in [2.05, 4.69) is 0 Å². The Labute approximate surface area is 63.6 Å². The third-order valence-electron chi connectivity index (χ3n) is 1.46. The Morgan fingerprint density at radius 2 is 2.09 bits per heavy atom. The third kappa shape index (κ3) is 2.80. The van der Waals surface area contributed by atoms with E-state index in [0.29, 0.717) is 0 Å². The summed E-state index contributed by atoms with van der Waals surface area (Å²) in [6, 6.07) is -0.559. The number of aliphatic hydroxyl groups excluding tert-OH is 1. The number of aliphatic hydroxyl groups is 1. The zero-order valence-electron chi connectivity index (χ0n) is 6.42. The maximum atomic E-state index is 11.7. The highest BCUT2D eigenvalue weighted by atomic mass is 19.3. The SMILES string of the molecule is C[C@H](CO)N(C)C(=O)C(F)F. The zero-order chi connectivity index (χ0) is 9.02. The van der Waals surface area contributed by atoms with E-state index in [9.17, 15) is 13.6 Å². The average molecular weight is 167 g/mol. The lowest BCUT2D eigenvalue weighted by Crippen LogP contribution is -2.40. The molecule has 1 amide bonds. The number of hydrogen-bond donors (Lipinski definition) is 1. The smallest absolute Gasteiger partial charge is 0.315 e. The Morgan fingerprint density at radius 3 is 2.36 bits per heavy atom. The number of nitrogens with zero attached hydrogens (tertiary/aromatic N) is 1. The van der Waals surface area contributed by atoms with Gasteiger partial charge in [0, 0.05) is 7.05 Å². The van der Waals surface area contributed by atoms with Crippen molar-refractivity contribution in [3.8, 4) is 0 Å². The molecule has 0 fully saturated rings. The highest BCUT2D eigenvalue weighted by molar-refractivity contribution is 5.79. The van der Waals surface area contributed by atoms with Crippen LogP contribution in [0, 0.1) is 0 Å². The number of alkyl halides is 2. The summed E-state index contributed by atoms with van der Waals surface area (Å²) in [7, 11) is 1.23. The van der Waals surface area contributed by atoms with Gasteiger partial charge in [0.25, 0.3) is 5.91 Å². The second-order valence-corrected chi connectivity index (χ2v) is 2.28. The first-order valence-electron chi connectivity index (χ1n) is 3.16. The number of rotatable bonds is 3. The fourth-order valence-corrected chi connectivity index (χ4v) is 0.494. The van der Waals surface area contributed by atoms with Crippen LogP contribution in [0.4, 0.5) is 8.78 Å². The predicted molar refractivity (Wildman–Crippen MR) is 35.3 cm³/mol. The van der Waals surface area contributed by atoms with E-state index in [-0.39, 0.29) is 6.61 Å². The summed E-state index contributed by atoms with van der Waals surface area (Å²) in [5.74, 6) is -1.26. The van der Waals surface area contributed by atoms with E-state index < -0.39 is 18.4 Å². The number of likely N-dealkylation sites (N-methyl/N-ethyl adjacent to an activating group) is 1. The quantitative estimate of drug-likeness (QED) is 0.647. The number of hydrogen-bond acceptors (Lipinski definition) is 2. The van der Waals surface area contributed by atoms with E-state index in [1.807, 2.05) is 0 Å². The molecule has 0 bridgehead atoms. The van der Waals surface area contributed by atoms with Crippen LogP contribution in [0.2, 0.25) is 0 Å². The summed E-state index contributed by atoms with van der Waals surface area (Å²) in [6.07, 6.45) is -2.99. The van der Waals surface area contributed by atoms with Gasteiger partial charge in [-0.25, -0.2) is 0 Å². The van der Waals surface area contributed by atoms with Gasteiger partial charge in [-0.15, -0.1) is 0 Å². The lowest BCUT2D eigenvalue weighted by atomic mass is 10.3. The van der Waals surface area contributed by atoms with Crippen molar-refractivity contribution in [3.05, 3.63) is 0 Å². The maximum absolute atomic E-state index is 11.7. The van der Waals surface area contributed by atoms with Crippen LogP contribution < -0.4 is 0 Å². The molecule has 0 aromatic carbocycles. The van der Waals surface area contributed by atoms with Crippen LogP contribution in [-0.4, -0.2) is 42.0 Å². The standard InChI is InChI=1S/C6H11F2NO2/c1-4(3-10)9(2)6(11)5(7)8/h4-5,10H,3H2,1-2H3/t4-/m1/s1. The minimum Gasteiger partial charge on any atom is -0.394 e. The number of amides is 1. The van der Waals surface area contributed by atoms with Crippen LogP contribution in [-0.2, 0) is 4.79 Å². The Morgan fingerprint density at radius 1 is 1.64 bits per heavy atom. The molecule has 0 aliphatic rings. The monoisotopic (exact) mass is 167 g/mol. The molecule has 0 radical (unpaired) electrons. The first-order chi connectivity index (χ1) is 5.00. The average Bonchev–Trinajstić information content (AvgIpc) is 2.00. The van der Waals surface area contributed by atoms with E-state index in [1.165, 1.54) is 14.0 Å². The molecule has 0 rings (SSSR count). The van der Waals surface area contributed by atoms with Crippen molar-refractivity contribution < 1.29 is 18.7 Å². The fraction of sp³-hybridized carbons (Fsp3) is 0.833. The molecule has 0 heterocycles. The van der Waals surface area contributed by atoms with Crippen LogP contribution in [0.5, 0.6) is 0 Å². The van der Waals surface area contributed by atoms with Crippen LogP contribution in [0.3, 0.4) is 0 Å². The molecule has 0 aromatic rings. The van der Waals surface area contributed by atoms with Gasteiger partial charge in [0.15, 0.2) is 0 Å². The summed E-state index contributed by atoms with van der Waals surface area (Å²) in [5, 5.41) is 8.50. The predicted octanol–water partition coefficient (Wildman–Crippen LogP) is 0.0907. The summed E-state index contributed by atoms with van der Waals surface area (Å²) in [6.45, 7) is 1.18. The van der Waals surface area contributed by atoms with E-state index >= 15 is 0 Å². The minimum absolute atomic E-state index is 0.311. The molecular weight excluding hydrogens is 156 g/mol. The molecule has 0 saturated carbocycles. The Balaban J connectivity index is 4.02. The highest BCUT2D eigenvalue weighted by Crippen LogP contribution is 2.02. The number of halogens is 2. The topological polar surface area (TPSA) is 40.5 Å². The number of carbonyl (C=O) groups is 1. The van der Waals surface area contributed by atoms with Crippen molar-refractivity contribution in [1.82, 2.24) is 4.90 Å². The van der Waals surface area contributed by atoms with Crippen LogP contribution in [0.25, 0.3) is 0 Å². The van der Waals surface area contributed by atoms with Gasteiger partial charge in [-0.2, -0.15) is 8.78 Å². The summed E-state index contributed by atoms with van der Waals surface area (Å²) < 4.78 is 23.4. The molecule has 1 atom stereocenters. The zero-order valence-corrected chi connectivity index (χ0v) is 6.42. The van der Waals surface area contributed by atoms with Crippen molar-refractivity contribution in [2.75, 3.05) is 13.7 Å². The van der Waals surface area contributed by atoms with E-state index in [0.717, 1.165) is 4.90 Å². The van der Waals surface area contributed by atoms with Gasteiger partial charge < -0.3 is 10.0 Å². The van der Waals surface area contributed by atoms with Crippen molar-refractivity contribution in [2.24, 2.45) is 0 Å². The van der Waals surface area contributed by atoms with Crippen molar-refractivity contribution in [1.29, 1.82) is 0 Å². The van der Waals surface area contributed by atoms with Gasteiger partial charge in [-0.05, 0) is 6.92 Å². The lowest BCUT2D eigenvalue weighted by molar-refractivity contribution is -0.144. The largest absolute Gasteiger partial charge is 0.394 e. The molecule has 1 N–H and O–H groups in total. The van der Waals surface area contributed by atoms with Crippen molar-refractivity contribution in [2.45, 2.75) is 19.4 Å². The lowest BCUT2D eigenvalue weighted by Gasteiger charge is -2.22. The maximum Gasteiger partial charge on any atom is 0.315 e. The molecule has 0 spiro atoms.